The number of carbonyl (C=O) groups excluding carboxylic acids is 1. The zero-order valence-corrected chi connectivity index (χ0v) is 15.3. The van der Waals surface area contributed by atoms with Gasteiger partial charge in [-0.15, -0.1) is 0 Å². The van der Waals surface area contributed by atoms with E-state index < -0.39 is 0 Å². The van der Waals surface area contributed by atoms with Crippen LogP contribution in [0.1, 0.15) is 22.8 Å². The lowest BCUT2D eigenvalue weighted by molar-refractivity contribution is 0.0988. The summed E-state index contributed by atoms with van der Waals surface area (Å²) in [7, 11) is 2.14. The number of anilines is 2. The number of pyridine rings is 1. The molecule has 0 unspecified atom stereocenters. The molecule has 0 saturated carbocycles. The van der Waals surface area contributed by atoms with Gasteiger partial charge in [0.2, 0.25) is 0 Å². The summed E-state index contributed by atoms with van der Waals surface area (Å²) < 4.78 is 0. The number of piperazine rings is 1. The van der Waals surface area contributed by atoms with Crippen molar-refractivity contribution in [2.45, 2.75) is 13.8 Å². The topological polar surface area (TPSA) is 39.7 Å². The Labute approximate surface area is 149 Å². The molecule has 1 aliphatic rings. The smallest absolute Gasteiger partial charge is 0.259 e. The van der Waals surface area contributed by atoms with Gasteiger partial charge in [0, 0.05) is 44.6 Å². The van der Waals surface area contributed by atoms with Crippen molar-refractivity contribution >= 4 is 17.3 Å². The Morgan fingerprint density at radius 2 is 1.92 bits per heavy atom. The fourth-order valence-electron chi connectivity index (χ4n) is 3.18. The van der Waals surface area contributed by atoms with E-state index in [0.29, 0.717) is 12.1 Å². The molecule has 1 aromatic carbocycles. The van der Waals surface area contributed by atoms with E-state index in [0.717, 1.165) is 43.1 Å². The molecule has 1 amide bonds. The number of nitrogens with zero attached hydrogens (tertiary/aromatic N) is 4. The number of rotatable bonds is 4. The summed E-state index contributed by atoms with van der Waals surface area (Å²) in [5.41, 5.74) is 3.74. The van der Waals surface area contributed by atoms with Gasteiger partial charge in [0.1, 0.15) is 0 Å². The number of amides is 1. The van der Waals surface area contributed by atoms with Crippen LogP contribution in [-0.4, -0.2) is 55.6 Å². The molecule has 1 fully saturated rings. The fourth-order valence-corrected chi connectivity index (χ4v) is 3.18. The Kier molecular flexibility index (Phi) is 5.34. The van der Waals surface area contributed by atoms with Crippen molar-refractivity contribution in [3.05, 3.63) is 53.9 Å². The van der Waals surface area contributed by atoms with Gasteiger partial charge in [-0.3, -0.25) is 9.78 Å². The molecule has 0 spiro atoms. The van der Waals surface area contributed by atoms with Gasteiger partial charge in [-0.25, -0.2) is 0 Å². The zero-order valence-electron chi connectivity index (χ0n) is 15.3. The summed E-state index contributed by atoms with van der Waals surface area (Å²) >= 11 is 0. The molecule has 2 heterocycles. The summed E-state index contributed by atoms with van der Waals surface area (Å²) in [5.74, 6) is -0.00317. The third-order valence-corrected chi connectivity index (χ3v) is 4.71. The first kappa shape index (κ1) is 17.4. The first-order valence-corrected chi connectivity index (χ1v) is 8.85. The minimum absolute atomic E-state index is 0.00317. The van der Waals surface area contributed by atoms with Crippen molar-refractivity contribution in [3.8, 4) is 0 Å². The molecule has 1 aliphatic heterocycles. The average Bonchev–Trinajstić information content (AvgIpc) is 2.63. The molecule has 5 heteroatoms. The zero-order chi connectivity index (χ0) is 17.8. The maximum absolute atomic E-state index is 13.0. The Morgan fingerprint density at radius 1 is 1.16 bits per heavy atom. The minimum atomic E-state index is -0.00317. The summed E-state index contributed by atoms with van der Waals surface area (Å²) in [4.78, 5) is 23.8. The highest BCUT2D eigenvalue weighted by atomic mass is 16.2. The van der Waals surface area contributed by atoms with Crippen LogP contribution in [0.15, 0.2) is 42.7 Å². The maximum atomic E-state index is 13.0. The molecule has 132 valence electrons. The van der Waals surface area contributed by atoms with E-state index in [1.807, 2.05) is 50.4 Å². The molecule has 1 saturated heterocycles. The number of hydrogen-bond donors (Lipinski definition) is 0. The number of benzene rings is 1. The van der Waals surface area contributed by atoms with Crippen LogP contribution >= 0.6 is 0 Å². The lowest BCUT2D eigenvalue weighted by atomic mass is 10.1. The van der Waals surface area contributed by atoms with Gasteiger partial charge in [-0.05, 0) is 44.7 Å². The van der Waals surface area contributed by atoms with E-state index in [1.54, 1.807) is 11.1 Å². The van der Waals surface area contributed by atoms with Crippen LogP contribution in [0, 0.1) is 6.92 Å². The fraction of sp³-hybridized carbons (Fsp3) is 0.400. The molecule has 0 N–H and O–H groups in total. The second kappa shape index (κ2) is 7.66. The predicted molar refractivity (Wildman–Crippen MR) is 102 cm³/mol. The monoisotopic (exact) mass is 338 g/mol. The minimum Gasteiger partial charge on any atom is -0.368 e. The number of hydrogen-bond acceptors (Lipinski definition) is 4. The van der Waals surface area contributed by atoms with Crippen LogP contribution < -0.4 is 9.80 Å². The first-order valence-electron chi connectivity index (χ1n) is 8.85. The van der Waals surface area contributed by atoms with Crippen LogP contribution in [0.2, 0.25) is 0 Å². The molecule has 3 rings (SSSR count). The Morgan fingerprint density at radius 3 is 2.60 bits per heavy atom. The van der Waals surface area contributed by atoms with E-state index in [4.69, 9.17) is 0 Å². The normalized spacial score (nSPS) is 15.2. The molecule has 0 atom stereocenters. The second-order valence-electron chi connectivity index (χ2n) is 6.61. The van der Waals surface area contributed by atoms with Gasteiger partial charge in [0.25, 0.3) is 5.91 Å². The Hall–Kier alpha value is -2.40. The van der Waals surface area contributed by atoms with Crippen LogP contribution in [0.3, 0.4) is 0 Å². The third kappa shape index (κ3) is 3.99. The van der Waals surface area contributed by atoms with Gasteiger partial charge in [0.15, 0.2) is 0 Å². The van der Waals surface area contributed by atoms with Crippen LogP contribution in [0.5, 0.6) is 0 Å². The van der Waals surface area contributed by atoms with E-state index in [1.165, 1.54) is 0 Å². The number of carbonyl (C=O) groups is 1. The van der Waals surface area contributed by atoms with Crippen LogP contribution in [0.4, 0.5) is 11.4 Å². The summed E-state index contributed by atoms with van der Waals surface area (Å²) in [6.45, 7) is 8.65. The second-order valence-corrected chi connectivity index (χ2v) is 6.61. The molecular formula is C20H26N4O. The van der Waals surface area contributed by atoms with Gasteiger partial charge >= 0.3 is 0 Å². The molecule has 25 heavy (non-hydrogen) atoms. The van der Waals surface area contributed by atoms with E-state index in [9.17, 15) is 4.79 Å². The highest BCUT2D eigenvalue weighted by molar-refractivity contribution is 6.06. The molecule has 0 radical (unpaired) electrons. The van der Waals surface area contributed by atoms with Crippen molar-refractivity contribution in [1.29, 1.82) is 0 Å². The van der Waals surface area contributed by atoms with Crippen molar-refractivity contribution < 1.29 is 4.79 Å². The van der Waals surface area contributed by atoms with Crippen molar-refractivity contribution in [2.75, 3.05) is 49.6 Å². The summed E-state index contributed by atoms with van der Waals surface area (Å²) in [6, 6.07) is 10.0. The number of aryl methyl sites for hydroxylation is 1. The summed E-state index contributed by atoms with van der Waals surface area (Å²) in [5, 5.41) is 0. The van der Waals surface area contributed by atoms with Crippen molar-refractivity contribution in [1.82, 2.24) is 9.88 Å². The SMILES string of the molecule is CCN(C(=O)c1cncc(N2CCN(C)CC2)c1)c1cccc(C)c1. The lowest BCUT2D eigenvalue weighted by Crippen LogP contribution is -2.44. The van der Waals surface area contributed by atoms with Gasteiger partial charge in [-0.1, -0.05) is 12.1 Å². The van der Waals surface area contributed by atoms with Gasteiger partial charge in [0.05, 0.1) is 17.4 Å². The quantitative estimate of drug-likeness (QED) is 0.859. The molecule has 2 aromatic rings. The molecule has 0 aliphatic carbocycles. The third-order valence-electron chi connectivity index (χ3n) is 4.71. The van der Waals surface area contributed by atoms with E-state index in [-0.39, 0.29) is 5.91 Å². The first-order chi connectivity index (χ1) is 12.1. The van der Waals surface area contributed by atoms with Crippen LogP contribution in [-0.2, 0) is 0 Å². The highest BCUT2D eigenvalue weighted by Gasteiger charge is 2.19. The van der Waals surface area contributed by atoms with Crippen LogP contribution in [0.25, 0.3) is 0 Å². The number of aromatic nitrogens is 1. The molecule has 1 aromatic heterocycles. The largest absolute Gasteiger partial charge is 0.368 e. The van der Waals surface area contributed by atoms with E-state index in [2.05, 4.69) is 21.8 Å². The van der Waals surface area contributed by atoms with Gasteiger partial charge < -0.3 is 14.7 Å². The molecule has 0 bridgehead atoms. The predicted octanol–water partition coefficient (Wildman–Crippen LogP) is 2.81. The summed E-state index contributed by atoms with van der Waals surface area (Å²) in [6.07, 6.45) is 3.52. The van der Waals surface area contributed by atoms with Crippen molar-refractivity contribution in [3.63, 3.8) is 0 Å². The lowest BCUT2D eigenvalue weighted by Gasteiger charge is -2.34. The van der Waals surface area contributed by atoms with Crippen molar-refractivity contribution in [2.24, 2.45) is 0 Å². The van der Waals surface area contributed by atoms with E-state index >= 15 is 0 Å². The van der Waals surface area contributed by atoms with Gasteiger partial charge in [-0.2, -0.15) is 0 Å². The number of likely N-dealkylation sites (N-methyl/N-ethyl adjacent to an activating group) is 1. The Balaban J connectivity index is 1.83. The highest BCUT2D eigenvalue weighted by Crippen LogP contribution is 2.21. The molecular weight excluding hydrogens is 312 g/mol. The molecule has 5 nitrogen and oxygen atoms in total. The average molecular weight is 338 g/mol. The maximum Gasteiger partial charge on any atom is 0.259 e. The Bertz CT molecular complexity index is 738. The standard InChI is InChI=1S/C20H26N4O/c1-4-24(18-7-5-6-16(2)12-18)20(25)17-13-19(15-21-14-17)23-10-8-22(3)9-11-23/h5-7,12-15H,4,8-11H2,1-3H3.